The second kappa shape index (κ2) is 13.4. The Hall–Kier alpha value is -0.780. The van der Waals surface area contributed by atoms with Gasteiger partial charge in [0.05, 0.1) is 4.90 Å². The number of unbranched alkanes of at least 4 members (excludes halogenated alkanes) is 9. The fourth-order valence-corrected chi connectivity index (χ4v) is 4.74. The van der Waals surface area contributed by atoms with E-state index < -0.39 is 20.8 Å². The third-order valence-electron chi connectivity index (χ3n) is 4.48. The molecule has 0 aliphatic carbocycles. The van der Waals surface area contributed by atoms with Crippen molar-refractivity contribution < 1.29 is 13.2 Å². The van der Waals surface area contributed by atoms with Crippen molar-refractivity contribution in [1.82, 2.24) is 4.31 Å². The van der Waals surface area contributed by atoms with Gasteiger partial charge in [-0.2, -0.15) is 0 Å². The van der Waals surface area contributed by atoms with Crippen LogP contribution in [0.3, 0.4) is 0 Å². The summed E-state index contributed by atoms with van der Waals surface area (Å²) in [5, 5.41) is 0. The molecule has 0 aliphatic heterocycles. The molecule has 7 heteroatoms. The molecule has 0 fully saturated rings. The van der Waals surface area contributed by atoms with Crippen LogP contribution in [0.1, 0.15) is 71.1 Å². The van der Waals surface area contributed by atoms with Crippen LogP contribution in [-0.2, 0) is 14.8 Å². The molecule has 0 bridgehead atoms. The highest BCUT2D eigenvalue weighted by Crippen LogP contribution is 2.20. The van der Waals surface area contributed by atoms with Gasteiger partial charge in [-0.3, -0.25) is 4.79 Å². The van der Waals surface area contributed by atoms with E-state index in [2.05, 4.69) is 6.92 Å². The first-order valence-corrected chi connectivity index (χ1v) is 12.1. The summed E-state index contributed by atoms with van der Waals surface area (Å²) in [6.45, 7) is 2.31. The molecule has 0 atom stereocenters. The van der Waals surface area contributed by atoms with Gasteiger partial charge >= 0.3 is 0 Å². The predicted octanol–water partition coefficient (Wildman–Crippen LogP) is 5.93. The fraction of sp³-hybridized carbons (Fsp3) is 0.650. The molecule has 0 unspecified atom stereocenters. The van der Waals surface area contributed by atoms with Crippen LogP contribution in [0.4, 0.5) is 0 Å². The number of halogens is 2. The van der Waals surface area contributed by atoms with Crippen LogP contribution in [0.5, 0.6) is 0 Å². The zero-order valence-corrected chi connectivity index (χ0v) is 18.4. The average Bonchev–Trinajstić information content (AvgIpc) is 2.66. The Morgan fingerprint density at radius 1 is 0.889 bits per heavy atom. The second-order valence-corrected chi connectivity index (χ2v) is 9.67. The molecule has 1 amide bonds. The molecule has 1 aromatic carbocycles. The normalized spacial score (nSPS) is 11.7. The lowest BCUT2D eigenvalue weighted by Gasteiger charge is -2.23. The molecule has 0 N–H and O–H groups in total. The zero-order chi connectivity index (χ0) is 20.1. The maximum atomic E-state index is 12.8. The van der Waals surface area contributed by atoms with E-state index in [1.54, 1.807) is 18.2 Å². The molecule has 27 heavy (non-hydrogen) atoms. The molecule has 0 saturated carbocycles. The Kier molecular flexibility index (Phi) is 12.0. The molecule has 154 valence electrons. The Bertz CT molecular complexity index is 636. The number of rotatable bonds is 14. The van der Waals surface area contributed by atoms with Crippen molar-refractivity contribution >= 4 is 39.1 Å². The lowest BCUT2D eigenvalue weighted by molar-refractivity contribution is -0.124. The Morgan fingerprint density at radius 2 is 1.37 bits per heavy atom. The quantitative estimate of drug-likeness (QED) is 0.268. The topological polar surface area (TPSA) is 54.5 Å². The molecule has 1 rings (SSSR count). The first kappa shape index (κ1) is 24.3. The molecular formula is C20H31Cl2NO3S. The third-order valence-corrected chi connectivity index (χ3v) is 6.66. The van der Waals surface area contributed by atoms with Gasteiger partial charge in [0.15, 0.2) is 4.84 Å². The fourth-order valence-electron chi connectivity index (χ4n) is 2.92. The van der Waals surface area contributed by atoms with Gasteiger partial charge in [0.1, 0.15) is 0 Å². The summed E-state index contributed by atoms with van der Waals surface area (Å²) >= 11 is 11.3. The molecule has 0 spiro atoms. The number of sulfonamides is 1. The standard InChI is InChI=1S/C20H31Cl2NO3S/c1-2-3-4-5-6-7-8-9-10-14-17-23(20(24)19(21)22)27(25,26)18-15-12-11-13-16-18/h11-13,15-16,19H,2-10,14,17H2,1H3. The largest absolute Gasteiger partial charge is 0.271 e. The number of nitrogens with zero attached hydrogens (tertiary/aromatic N) is 1. The van der Waals surface area contributed by atoms with Crippen LogP contribution < -0.4 is 0 Å². The summed E-state index contributed by atoms with van der Waals surface area (Å²) in [5.41, 5.74) is 0. The molecule has 4 nitrogen and oxygen atoms in total. The summed E-state index contributed by atoms with van der Waals surface area (Å²) in [5.74, 6) is -0.793. The highest BCUT2D eigenvalue weighted by molar-refractivity contribution is 7.89. The molecule has 1 aromatic rings. The van der Waals surface area contributed by atoms with Gasteiger partial charge in [0.25, 0.3) is 15.9 Å². The van der Waals surface area contributed by atoms with Crippen molar-refractivity contribution in [2.24, 2.45) is 0 Å². The highest BCUT2D eigenvalue weighted by atomic mass is 35.5. The monoisotopic (exact) mass is 435 g/mol. The first-order chi connectivity index (χ1) is 12.9. The summed E-state index contributed by atoms with van der Waals surface area (Å²) in [6, 6.07) is 7.89. The number of hydrogen-bond acceptors (Lipinski definition) is 3. The number of benzene rings is 1. The first-order valence-electron chi connectivity index (χ1n) is 9.81. The van der Waals surface area contributed by atoms with Crippen LogP contribution in [0, 0.1) is 0 Å². The van der Waals surface area contributed by atoms with E-state index in [9.17, 15) is 13.2 Å². The maximum Gasteiger partial charge on any atom is 0.269 e. The zero-order valence-electron chi connectivity index (χ0n) is 16.1. The van der Waals surface area contributed by atoms with Gasteiger partial charge in [-0.15, -0.1) is 0 Å². The average molecular weight is 436 g/mol. The summed E-state index contributed by atoms with van der Waals surface area (Å²) < 4.78 is 26.3. The maximum absolute atomic E-state index is 12.8. The number of alkyl halides is 2. The van der Waals surface area contributed by atoms with Gasteiger partial charge in [0.2, 0.25) is 0 Å². The molecule has 0 saturated heterocycles. The van der Waals surface area contributed by atoms with Crippen LogP contribution >= 0.6 is 23.2 Å². The highest BCUT2D eigenvalue weighted by Gasteiger charge is 2.31. The molecular weight excluding hydrogens is 405 g/mol. The van der Waals surface area contributed by atoms with Crippen LogP contribution in [0.25, 0.3) is 0 Å². The van der Waals surface area contributed by atoms with Crippen LogP contribution in [0.2, 0.25) is 0 Å². The van der Waals surface area contributed by atoms with Crippen molar-refractivity contribution in [1.29, 1.82) is 0 Å². The van der Waals surface area contributed by atoms with Gasteiger partial charge in [0, 0.05) is 6.54 Å². The molecule has 0 radical (unpaired) electrons. The lowest BCUT2D eigenvalue weighted by atomic mass is 10.1. The number of hydrogen-bond donors (Lipinski definition) is 0. The van der Waals surface area contributed by atoms with Crippen molar-refractivity contribution in [2.75, 3.05) is 6.54 Å². The van der Waals surface area contributed by atoms with Gasteiger partial charge in [-0.1, -0.05) is 106 Å². The summed E-state index contributed by atoms with van der Waals surface area (Å²) in [7, 11) is -3.94. The number of carbonyl (C=O) groups excluding carboxylic acids is 1. The van der Waals surface area contributed by atoms with E-state index in [0.717, 1.165) is 23.6 Å². The van der Waals surface area contributed by atoms with E-state index in [4.69, 9.17) is 23.2 Å². The minimum Gasteiger partial charge on any atom is -0.271 e. The number of amides is 1. The van der Waals surface area contributed by atoms with E-state index in [-0.39, 0.29) is 11.4 Å². The minimum atomic E-state index is -3.94. The van der Waals surface area contributed by atoms with Crippen molar-refractivity contribution in [3.05, 3.63) is 30.3 Å². The van der Waals surface area contributed by atoms with Crippen molar-refractivity contribution in [3.63, 3.8) is 0 Å². The third kappa shape index (κ3) is 8.84. The number of carbonyl (C=O) groups is 1. The summed E-state index contributed by atoms with van der Waals surface area (Å²) in [4.78, 5) is 10.9. The minimum absolute atomic E-state index is 0.0689. The van der Waals surface area contributed by atoms with Gasteiger partial charge in [-0.25, -0.2) is 12.7 Å². The SMILES string of the molecule is CCCCCCCCCCCCN(C(=O)C(Cl)Cl)S(=O)(=O)c1ccccc1. The van der Waals surface area contributed by atoms with E-state index in [1.807, 2.05) is 0 Å². The lowest BCUT2D eigenvalue weighted by Crippen LogP contribution is -2.40. The van der Waals surface area contributed by atoms with Crippen LogP contribution in [-0.4, -0.2) is 30.0 Å². The van der Waals surface area contributed by atoms with E-state index in [1.165, 1.54) is 50.7 Å². The van der Waals surface area contributed by atoms with Gasteiger partial charge in [-0.05, 0) is 18.6 Å². The van der Waals surface area contributed by atoms with E-state index in [0.29, 0.717) is 6.42 Å². The Morgan fingerprint density at radius 3 is 1.85 bits per heavy atom. The summed E-state index contributed by atoms with van der Waals surface area (Å²) in [6.07, 6.45) is 11.3. The van der Waals surface area contributed by atoms with Crippen molar-refractivity contribution in [3.8, 4) is 0 Å². The molecule has 0 heterocycles. The van der Waals surface area contributed by atoms with E-state index >= 15 is 0 Å². The Labute approximate surface area is 174 Å². The van der Waals surface area contributed by atoms with Crippen molar-refractivity contribution in [2.45, 2.75) is 80.9 Å². The van der Waals surface area contributed by atoms with Crippen LogP contribution in [0.15, 0.2) is 35.2 Å². The van der Waals surface area contributed by atoms with Gasteiger partial charge < -0.3 is 0 Å². The Balaban J connectivity index is 2.47. The second-order valence-electron chi connectivity index (χ2n) is 6.71. The predicted molar refractivity (Wildman–Crippen MR) is 113 cm³/mol. The smallest absolute Gasteiger partial charge is 0.269 e. The molecule has 0 aromatic heterocycles. The molecule has 0 aliphatic rings.